The number of rotatable bonds is 6. The fourth-order valence-electron chi connectivity index (χ4n) is 3.81. The van der Waals surface area contributed by atoms with Crippen molar-refractivity contribution in [2.24, 2.45) is 5.73 Å². The Hall–Kier alpha value is -3.23. The molecule has 3 aromatic rings. The normalized spacial score (nSPS) is 16.5. The minimum Gasteiger partial charge on any atom is -0.375 e. The smallest absolute Gasteiger partial charge is 0.250 e. The molecule has 8 heteroatoms. The van der Waals surface area contributed by atoms with E-state index in [9.17, 15) is 9.59 Å². The van der Waals surface area contributed by atoms with Gasteiger partial charge in [0.2, 0.25) is 11.8 Å². The molecule has 2 heterocycles. The second-order valence-corrected chi connectivity index (χ2v) is 7.24. The van der Waals surface area contributed by atoms with Crippen LogP contribution in [0.1, 0.15) is 35.8 Å². The lowest BCUT2D eigenvalue weighted by Crippen LogP contribution is -2.19. The van der Waals surface area contributed by atoms with Gasteiger partial charge >= 0.3 is 0 Å². The number of ether oxygens (including phenoxy) is 2. The van der Waals surface area contributed by atoms with E-state index >= 15 is 0 Å². The van der Waals surface area contributed by atoms with E-state index in [4.69, 9.17) is 20.3 Å². The Bertz CT molecular complexity index is 1090. The van der Waals surface area contributed by atoms with Crippen molar-refractivity contribution < 1.29 is 19.1 Å². The number of amides is 2. The van der Waals surface area contributed by atoms with Crippen LogP contribution in [-0.2, 0) is 14.3 Å². The number of hydrogen-bond donors (Lipinski definition) is 2. The summed E-state index contributed by atoms with van der Waals surface area (Å²) >= 11 is 0. The van der Waals surface area contributed by atoms with Crippen molar-refractivity contribution >= 4 is 28.4 Å². The number of anilines is 1. The van der Waals surface area contributed by atoms with Gasteiger partial charge in [0.05, 0.1) is 11.1 Å². The Morgan fingerprint density at radius 3 is 2.83 bits per heavy atom. The second kappa shape index (κ2) is 8.64. The maximum Gasteiger partial charge on any atom is 0.250 e. The predicted octanol–water partition coefficient (Wildman–Crippen LogP) is 3.09. The molecule has 0 radical (unpaired) electrons. The molecule has 1 unspecified atom stereocenters. The summed E-state index contributed by atoms with van der Waals surface area (Å²) in [5.74, 6) is -0.769. The molecule has 2 amide bonds. The zero-order valence-electron chi connectivity index (χ0n) is 16.8. The Morgan fingerprint density at radius 1 is 1.27 bits per heavy atom. The third-order valence-corrected chi connectivity index (χ3v) is 5.12. The van der Waals surface area contributed by atoms with E-state index in [-0.39, 0.29) is 18.7 Å². The van der Waals surface area contributed by atoms with Gasteiger partial charge in [-0.05, 0) is 43.5 Å². The summed E-state index contributed by atoms with van der Waals surface area (Å²) in [7, 11) is 1.47. The summed E-state index contributed by atoms with van der Waals surface area (Å²) in [4.78, 5) is 24.0. The molecule has 1 aliphatic heterocycles. The SMILES string of the molecule is COCC(=O)Nc1cccc(-c2nn(C3CCCCO3)c3cccc(C(N)=O)c23)c1. The van der Waals surface area contributed by atoms with Crippen LogP contribution in [0.5, 0.6) is 0 Å². The Morgan fingerprint density at radius 2 is 2.10 bits per heavy atom. The van der Waals surface area contributed by atoms with Gasteiger partial charge in [-0.15, -0.1) is 0 Å². The first-order valence-electron chi connectivity index (χ1n) is 9.90. The predicted molar refractivity (Wildman–Crippen MR) is 113 cm³/mol. The molecule has 0 saturated carbocycles. The molecule has 0 aliphatic carbocycles. The number of primary amides is 1. The van der Waals surface area contributed by atoms with Crippen LogP contribution in [0.25, 0.3) is 22.2 Å². The molecular weight excluding hydrogens is 384 g/mol. The van der Waals surface area contributed by atoms with Gasteiger partial charge in [0.15, 0.2) is 6.23 Å². The average molecular weight is 408 g/mol. The zero-order chi connectivity index (χ0) is 21.1. The quantitative estimate of drug-likeness (QED) is 0.652. The highest BCUT2D eigenvalue weighted by molar-refractivity contribution is 6.10. The van der Waals surface area contributed by atoms with E-state index < -0.39 is 5.91 Å². The van der Waals surface area contributed by atoms with Crippen molar-refractivity contribution in [3.05, 3.63) is 48.0 Å². The molecule has 30 heavy (non-hydrogen) atoms. The Labute approximate surface area is 173 Å². The van der Waals surface area contributed by atoms with Crippen LogP contribution in [0.3, 0.4) is 0 Å². The topological polar surface area (TPSA) is 108 Å². The number of methoxy groups -OCH3 is 1. The van der Waals surface area contributed by atoms with Gasteiger partial charge in [-0.1, -0.05) is 18.2 Å². The highest BCUT2D eigenvalue weighted by atomic mass is 16.5. The highest BCUT2D eigenvalue weighted by Crippen LogP contribution is 2.35. The summed E-state index contributed by atoms with van der Waals surface area (Å²) < 4.78 is 12.6. The van der Waals surface area contributed by atoms with Crippen LogP contribution in [0, 0.1) is 0 Å². The van der Waals surface area contributed by atoms with Gasteiger partial charge in [0.25, 0.3) is 0 Å². The maximum absolute atomic E-state index is 12.2. The fraction of sp³-hybridized carbons (Fsp3) is 0.318. The van der Waals surface area contributed by atoms with Crippen molar-refractivity contribution in [2.75, 3.05) is 25.6 Å². The lowest BCUT2D eigenvalue weighted by Gasteiger charge is -2.23. The molecular formula is C22H24N4O4. The number of fused-ring (bicyclic) bond motifs is 1. The number of nitrogens with two attached hydrogens (primary N) is 1. The van der Waals surface area contributed by atoms with Gasteiger partial charge in [-0.2, -0.15) is 5.10 Å². The monoisotopic (exact) mass is 408 g/mol. The molecule has 8 nitrogen and oxygen atoms in total. The van der Waals surface area contributed by atoms with E-state index in [1.54, 1.807) is 18.2 Å². The molecule has 156 valence electrons. The third-order valence-electron chi connectivity index (χ3n) is 5.12. The third kappa shape index (κ3) is 3.92. The number of benzene rings is 2. The summed E-state index contributed by atoms with van der Waals surface area (Å²) in [6.07, 6.45) is 2.74. The number of carbonyl (C=O) groups excluding carboxylic acids is 2. The maximum atomic E-state index is 12.2. The number of nitrogens with one attached hydrogen (secondary N) is 1. The molecule has 1 atom stereocenters. The first-order chi connectivity index (χ1) is 14.6. The van der Waals surface area contributed by atoms with Crippen molar-refractivity contribution in [1.29, 1.82) is 0 Å². The van der Waals surface area contributed by atoms with Crippen molar-refractivity contribution in [3.8, 4) is 11.3 Å². The number of carbonyl (C=O) groups is 2. The van der Waals surface area contributed by atoms with Crippen molar-refractivity contribution in [3.63, 3.8) is 0 Å². The lowest BCUT2D eigenvalue weighted by atomic mass is 10.0. The van der Waals surface area contributed by atoms with Gasteiger partial charge in [0.1, 0.15) is 12.3 Å². The van der Waals surface area contributed by atoms with E-state index in [2.05, 4.69) is 5.32 Å². The van der Waals surface area contributed by atoms with E-state index in [0.29, 0.717) is 28.9 Å². The molecule has 1 aliphatic rings. The van der Waals surface area contributed by atoms with Gasteiger partial charge < -0.3 is 20.5 Å². The minimum absolute atomic E-state index is 0.0351. The molecule has 0 bridgehead atoms. The van der Waals surface area contributed by atoms with E-state index in [1.165, 1.54) is 7.11 Å². The molecule has 0 spiro atoms. The summed E-state index contributed by atoms with van der Waals surface area (Å²) in [5.41, 5.74) is 8.86. The van der Waals surface area contributed by atoms with Gasteiger partial charge in [-0.3, -0.25) is 9.59 Å². The fourth-order valence-corrected chi connectivity index (χ4v) is 3.81. The van der Waals surface area contributed by atoms with Crippen LogP contribution in [0.15, 0.2) is 42.5 Å². The highest BCUT2D eigenvalue weighted by Gasteiger charge is 2.24. The van der Waals surface area contributed by atoms with Crippen LogP contribution >= 0.6 is 0 Å². The Balaban J connectivity index is 1.84. The summed E-state index contributed by atoms with van der Waals surface area (Å²) in [6.45, 7) is 0.643. The summed E-state index contributed by atoms with van der Waals surface area (Å²) in [5, 5.41) is 8.30. The van der Waals surface area contributed by atoms with Crippen molar-refractivity contribution in [2.45, 2.75) is 25.5 Å². The van der Waals surface area contributed by atoms with Crippen LogP contribution < -0.4 is 11.1 Å². The van der Waals surface area contributed by atoms with Crippen molar-refractivity contribution in [1.82, 2.24) is 9.78 Å². The molecule has 2 aromatic carbocycles. The standard InChI is InChI=1S/C22H24N4O4/c1-29-13-18(27)24-15-7-4-6-14(12-15)21-20-16(22(23)28)8-5-9-17(20)26(25-21)19-10-2-3-11-30-19/h4-9,12,19H,2-3,10-11,13H2,1H3,(H2,23,28)(H,24,27). The minimum atomic E-state index is -0.518. The number of aromatic nitrogens is 2. The van der Waals surface area contributed by atoms with E-state index in [0.717, 1.165) is 30.3 Å². The second-order valence-electron chi connectivity index (χ2n) is 7.24. The zero-order valence-corrected chi connectivity index (χ0v) is 16.8. The van der Waals surface area contributed by atoms with Crippen LogP contribution in [-0.4, -0.2) is 41.9 Å². The number of nitrogens with zero attached hydrogens (tertiary/aromatic N) is 2. The molecule has 3 N–H and O–H groups in total. The molecule has 1 fully saturated rings. The van der Waals surface area contributed by atoms with Gasteiger partial charge in [0, 0.05) is 30.4 Å². The molecule has 1 aromatic heterocycles. The van der Waals surface area contributed by atoms with Crippen LogP contribution in [0.4, 0.5) is 5.69 Å². The first kappa shape index (κ1) is 20.1. The Kier molecular flexibility index (Phi) is 5.78. The average Bonchev–Trinajstić information content (AvgIpc) is 3.14. The lowest BCUT2D eigenvalue weighted by molar-refractivity contribution is -0.119. The largest absolute Gasteiger partial charge is 0.375 e. The number of hydrogen-bond acceptors (Lipinski definition) is 5. The molecule has 1 saturated heterocycles. The van der Waals surface area contributed by atoms with Gasteiger partial charge in [-0.25, -0.2) is 4.68 Å². The van der Waals surface area contributed by atoms with Crippen LogP contribution in [0.2, 0.25) is 0 Å². The molecule has 4 rings (SSSR count). The summed E-state index contributed by atoms with van der Waals surface area (Å²) in [6, 6.07) is 12.7. The first-order valence-corrected chi connectivity index (χ1v) is 9.90. The van der Waals surface area contributed by atoms with E-state index in [1.807, 2.05) is 28.9 Å².